The summed E-state index contributed by atoms with van der Waals surface area (Å²) in [5.74, 6) is 0.965. The third-order valence-corrected chi connectivity index (χ3v) is 4.81. The quantitative estimate of drug-likeness (QED) is 0.760. The lowest BCUT2D eigenvalue weighted by Gasteiger charge is -2.41. The Kier molecular flexibility index (Phi) is 5.30. The molecule has 0 aromatic heterocycles. The zero-order valence-electron chi connectivity index (χ0n) is 11.8. The molecule has 0 aromatic rings. The van der Waals surface area contributed by atoms with Crippen molar-refractivity contribution in [2.75, 3.05) is 20.1 Å². The van der Waals surface area contributed by atoms with Crippen LogP contribution in [0.15, 0.2) is 0 Å². The van der Waals surface area contributed by atoms with E-state index in [1.165, 1.54) is 64.5 Å². The summed E-state index contributed by atoms with van der Waals surface area (Å²) in [5.41, 5.74) is 0. The second-order valence-electron chi connectivity index (χ2n) is 6.21. The minimum atomic E-state index is 0.812. The molecule has 3 atom stereocenters. The molecule has 2 fully saturated rings. The second kappa shape index (κ2) is 6.75. The van der Waals surface area contributed by atoms with Gasteiger partial charge in [-0.05, 0) is 51.6 Å². The molecule has 1 heterocycles. The molecule has 1 N–H and O–H groups in total. The van der Waals surface area contributed by atoms with Gasteiger partial charge in [-0.15, -0.1) is 0 Å². The maximum atomic E-state index is 3.39. The van der Waals surface area contributed by atoms with Crippen LogP contribution in [0.1, 0.15) is 58.3 Å². The number of piperidine rings is 1. The maximum Gasteiger partial charge on any atom is 0.0223 e. The highest BCUT2D eigenvalue weighted by molar-refractivity contribution is 4.85. The van der Waals surface area contributed by atoms with Crippen molar-refractivity contribution in [3.8, 4) is 0 Å². The highest BCUT2D eigenvalue weighted by atomic mass is 15.2. The summed E-state index contributed by atoms with van der Waals surface area (Å²) in [7, 11) is 2.10. The Labute approximate surface area is 107 Å². The molecule has 2 rings (SSSR count). The Bertz CT molecular complexity index is 215. The van der Waals surface area contributed by atoms with Gasteiger partial charge in [0, 0.05) is 18.6 Å². The van der Waals surface area contributed by atoms with Gasteiger partial charge >= 0.3 is 0 Å². The van der Waals surface area contributed by atoms with Gasteiger partial charge in [0.15, 0.2) is 0 Å². The highest BCUT2D eigenvalue weighted by Crippen LogP contribution is 2.29. The lowest BCUT2D eigenvalue weighted by atomic mass is 9.96. The standard InChI is InChI=1S/C15H30N2/c1-13-6-5-8-14(10-9-13)17-11-4-3-7-15(17)12-16-2/h13-16H,3-12H2,1-2H3. The first-order chi connectivity index (χ1) is 8.31. The summed E-state index contributed by atoms with van der Waals surface area (Å²) in [6.07, 6.45) is 11.5. The minimum absolute atomic E-state index is 0.812. The molecule has 1 aliphatic heterocycles. The molecule has 0 bridgehead atoms. The number of hydrogen-bond donors (Lipinski definition) is 1. The van der Waals surface area contributed by atoms with Crippen LogP contribution in [-0.2, 0) is 0 Å². The molecule has 17 heavy (non-hydrogen) atoms. The Hall–Kier alpha value is -0.0800. The van der Waals surface area contributed by atoms with Crippen LogP contribution in [-0.4, -0.2) is 37.1 Å². The van der Waals surface area contributed by atoms with Crippen LogP contribution in [0.3, 0.4) is 0 Å². The fraction of sp³-hybridized carbons (Fsp3) is 1.00. The second-order valence-corrected chi connectivity index (χ2v) is 6.21. The molecule has 0 radical (unpaired) electrons. The van der Waals surface area contributed by atoms with E-state index in [1.54, 1.807) is 0 Å². The predicted octanol–water partition coefficient (Wildman–Crippen LogP) is 3.03. The van der Waals surface area contributed by atoms with Gasteiger partial charge in [-0.3, -0.25) is 4.90 Å². The summed E-state index contributed by atoms with van der Waals surface area (Å²) in [4.78, 5) is 2.85. The third-order valence-electron chi connectivity index (χ3n) is 4.81. The van der Waals surface area contributed by atoms with Gasteiger partial charge < -0.3 is 5.32 Å². The van der Waals surface area contributed by atoms with Crippen molar-refractivity contribution in [2.45, 2.75) is 70.4 Å². The molecule has 2 heteroatoms. The average molecular weight is 238 g/mol. The molecule has 1 aliphatic carbocycles. The van der Waals surface area contributed by atoms with Crippen molar-refractivity contribution < 1.29 is 0 Å². The van der Waals surface area contributed by atoms with Crippen LogP contribution < -0.4 is 5.32 Å². The van der Waals surface area contributed by atoms with Crippen LogP contribution in [0.2, 0.25) is 0 Å². The summed E-state index contributed by atoms with van der Waals surface area (Å²) in [6, 6.07) is 1.70. The molecule has 100 valence electrons. The van der Waals surface area contributed by atoms with Crippen molar-refractivity contribution in [3.63, 3.8) is 0 Å². The van der Waals surface area contributed by atoms with Crippen molar-refractivity contribution in [1.29, 1.82) is 0 Å². The Balaban J connectivity index is 1.92. The molecular weight excluding hydrogens is 208 g/mol. The van der Waals surface area contributed by atoms with Crippen LogP contribution in [0.4, 0.5) is 0 Å². The highest BCUT2D eigenvalue weighted by Gasteiger charge is 2.29. The number of nitrogens with one attached hydrogen (secondary N) is 1. The first-order valence-electron chi connectivity index (χ1n) is 7.71. The summed E-state index contributed by atoms with van der Waals surface area (Å²) < 4.78 is 0. The first-order valence-corrected chi connectivity index (χ1v) is 7.71. The molecule has 1 saturated heterocycles. The van der Waals surface area contributed by atoms with Crippen LogP contribution >= 0.6 is 0 Å². The van der Waals surface area contributed by atoms with E-state index in [4.69, 9.17) is 0 Å². The monoisotopic (exact) mass is 238 g/mol. The van der Waals surface area contributed by atoms with E-state index >= 15 is 0 Å². The van der Waals surface area contributed by atoms with E-state index in [0.29, 0.717) is 0 Å². The maximum absolute atomic E-state index is 3.39. The number of likely N-dealkylation sites (N-methyl/N-ethyl adjacent to an activating group) is 1. The third kappa shape index (κ3) is 3.69. The Morgan fingerprint density at radius 1 is 1.00 bits per heavy atom. The van der Waals surface area contributed by atoms with Gasteiger partial charge in [-0.25, -0.2) is 0 Å². The lowest BCUT2D eigenvalue weighted by molar-refractivity contribution is 0.0851. The number of rotatable bonds is 3. The predicted molar refractivity (Wildman–Crippen MR) is 74.3 cm³/mol. The van der Waals surface area contributed by atoms with E-state index in [2.05, 4.69) is 24.2 Å². The van der Waals surface area contributed by atoms with Gasteiger partial charge in [0.1, 0.15) is 0 Å². The molecular formula is C15H30N2. The molecule has 0 spiro atoms. The minimum Gasteiger partial charge on any atom is -0.318 e. The fourth-order valence-corrected chi connectivity index (χ4v) is 3.76. The van der Waals surface area contributed by atoms with E-state index in [1.807, 2.05) is 0 Å². The molecule has 0 aromatic carbocycles. The average Bonchev–Trinajstić information content (AvgIpc) is 2.55. The van der Waals surface area contributed by atoms with Crippen molar-refractivity contribution in [3.05, 3.63) is 0 Å². The smallest absolute Gasteiger partial charge is 0.0223 e. The summed E-state index contributed by atoms with van der Waals surface area (Å²) >= 11 is 0. The lowest BCUT2D eigenvalue weighted by Crippen LogP contribution is -2.49. The van der Waals surface area contributed by atoms with Gasteiger partial charge in [-0.2, -0.15) is 0 Å². The van der Waals surface area contributed by atoms with E-state index in [-0.39, 0.29) is 0 Å². The van der Waals surface area contributed by atoms with Gasteiger partial charge in [-0.1, -0.05) is 26.2 Å². The SMILES string of the molecule is CNCC1CCCCN1C1CCCC(C)CC1. The Morgan fingerprint density at radius 3 is 2.71 bits per heavy atom. The summed E-state index contributed by atoms with van der Waals surface area (Å²) in [5, 5.41) is 3.39. The van der Waals surface area contributed by atoms with E-state index in [9.17, 15) is 0 Å². The Morgan fingerprint density at radius 2 is 1.88 bits per heavy atom. The number of hydrogen-bond acceptors (Lipinski definition) is 2. The molecule has 0 amide bonds. The number of likely N-dealkylation sites (tertiary alicyclic amines) is 1. The van der Waals surface area contributed by atoms with Crippen LogP contribution in [0.25, 0.3) is 0 Å². The largest absolute Gasteiger partial charge is 0.318 e. The van der Waals surface area contributed by atoms with Crippen molar-refractivity contribution in [2.24, 2.45) is 5.92 Å². The molecule has 2 aliphatic rings. The molecule has 1 saturated carbocycles. The van der Waals surface area contributed by atoms with Gasteiger partial charge in [0.05, 0.1) is 0 Å². The topological polar surface area (TPSA) is 15.3 Å². The first kappa shape index (κ1) is 13.4. The molecule has 3 unspecified atom stereocenters. The van der Waals surface area contributed by atoms with Crippen LogP contribution in [0.5, 0.6) is 0 Å². The normalized spacial score (nSPS) is 36.7. The zero-order chi connectivity index (χ0) is 12.1. The van der Waals surface area contributed by atoms with Gasteiger partial charge in [0.2, 0.25) is 0 Å². The number of nitrogens with zero attached hydrogens (tertiary/aromatic N) is 1. The van der Waals surface area contributed by atoms with Crippen molar-refractivity contribution >= 4 is 0 Å². The van der Waals surface area contributed by atoms with Crippen molar-refractivity contribution in [1.82, 2.24) is 10.2 Å². The molecule has 2 nitrogen and oxygen atoms in total. The summed E-state index contributed by atoms with van der Waals surface area (Å²) in [6.45, 7) is 4.97. The van der Waals surface area contributed by atoms with Crippen LogP contribution in [0, 0.1) is 5.92 Å². The van der Waals surface area contributed by atoms with E-state index < -0.39 is 0 Å². The fourth-order valence-electron chi connectivity index (χ4n) is 3.76. The zero-order valence-corrected chi connectivity index (χ0v) is 11.8. The van der Waals surface area contributed by atoms with Gasteiger partial charge in [0.25, 0.3) is 0 Å². The van der Waals surface area contributed by atoms with E-state index in [0.717, 1.165) is 18.0 Å².